The number of rotatable bonds is 4. The van der Waals surface area contributed by atoms with Crippen LogP contribution in [0.4, 0.5) is 5.69 Å². The molecule has 0 radical (unpaired) electrons. The zero-order valence-corrected chi connectivity index (χ0v) is 15.7. The van der Waals surface area contributed by atoms with E-state index >= 15 is 0 Å². The number of benzene rings is 2. The van der Waals surface area contributed by atoms with Crippen LogP contribution in [0.1, 0.15) is 20.6 Å². The minimum Gasteiger partial charge on any atom is -0.320 e. The van der Waals surface area contributed by atoms with Gasteiger partial charge in [-0.25, -0.2) is 5.01 Å². The summed E-state index contributed by atoms with van der Waals surface area (Å²) >= 11 is 2.81. The van der Waals surface area contributed by atoms with Gasteiger partial charge in [0.25, 0.3) is 11.8 Å². The maximum Gasteiger partial charge on any atom is 0.282 e. The van der Waals surface area contributed by atoms with Crippen LogP contribution in [0.5, 0.6) is 0 Å². The zero-order valence-electron chi connectivity index (χ0n) is 14.1. The van der Waals surface area contributed by atoms with Crippen molar-refractivity contribution in [3.05, 3.63) is 88.6 Å². The number of anilines is 1. The van der Waals surface area contributed by atoms with Crippen molar-refractivity contribution in [1.29, 1.82) is 0 Å². The first-order valence-electron chi connectivity index (χ1n) is 8.26. The smallest absolute Gasteiger partial charge is 0.282 e. The molecule has 2 aromatic carbocycles. The summed E-state index contributed by atoms with van der Waals surface area (Å²) in [7, 11) is 0. The van der Waals surface area contributed by atoms with Crippen LogP contribution in [-0.4, -0.2) is 21.9 Å². The lowest BCUT2D eigenvalue weighted by Crippen LogP contribution is -2.25. The van der Waals surface area contributed by atoms with E-state index in [0.717, 1.165) is 4.88 Å². The first-order valence-corrected chi connectivity index (χ1v) is 10.0. The van der Waals surface area contributed by atoms with Crippen molar-refractivity contribution in [3.8, 4) is 0 Å². The van der Waals surface area contributed by atoms with Crippen molar-refractivity contribution < 1.29 is 9.59 Å². The largest absolute Gasteiger partial charge is 0.320 e. The number of carbonyl (C=O) groups is 2. The number of amides is 2. The average molecular weight is 393 g/mol. The molecule has 2 heterocycles. The lowest BCUT2D eigenvalue weighted by atomic mass is 10.2. The molecule has 1 aliphatic rings. The average Bonchev–Trinajstić information content (AvgIpc) is 3.38. The Hall–Kier alpha value is -2.90. The van der Waals surface area contributed by atoms with Gasteiger partial charge < -0.3 is 5.32 Å². The highest BCUT2D eigenvalue weighted by molar-refractivity contribution is 8.16. The fourth-order valence-corrected chi connectivity index (χ4v) is 4.55. The Morgan fingerprint density at radius 1 is 0.926 bits per heavy atom. The van der Waals surface area contributed by atoms with Gasteiger partial charge in [0, 0.05) is 16.1 Å². The molecule has 2 amide bonds. The van der Waals surface area contributed by atoms with Gasteiger partial charge in [0.15, 0.2) is 5.04 Å². The van der Waals surface area contributed by atoms with Gasteiger partial charge in [-0.05, 0) is 35.7 Å². The topological polar surface area (TPSA) is 61.8 Å². The molecule has 0 aliphatic carbocycles. The van der Waals surface area contributed by atoms with Crippen LogP contribution in [0.2, 0.25) is 0 Å². The molecule has 1 unspecified atom stereocenters. The molecule has 3 aromatic rings. The highest BCUT2D eigenvalue weighted by Gasteiger charge is 2.37. The summed E-state index contributed by atoms with van der Waals surface area (Å²) in [6.45, 7) is 0. The molecule has 0 bridgehead atoms. The summed E-state index contributed by atoms with van der Waals surface area (Å²) < 4.78 is 0. The Kier molecular flexibility index (Phi) is 5.04. The number of thiophene rings is 1. The second-order valence-corrected chi connectivity index (χ2v) is 7.77. The Bertz CT molecular complexity index is 973. The maximum atomic E-state index is 13.0. The molecule has 27 heavy (non-hydrogen) atoms. The molecule has 0 saturated carbocycles. The summed E-state index contributed by atoms with van der Waals surface area (Å²) in [5.41, 5.74) is 1.22. The fourth-order valence-electron chi connectivity index (χ4n) is 2.61. The number of para-hydroxylation sites is 1. The van der Waals surface area contributed by atoms with Crippen LogP contribution in [0.25, 0.3) is 0 Å². The molecule has 1 aromatic heterocycles. The van der Waals surface area contributed by atoms with Crippen LogP contribution in [0.15, 0.2) is 83.3 Å². The Balaban J connectivity index is 1.61. The van der Waals surface area contributed by atoms with Crippen LogP contribution in [0.3, 0.4) is 0 Å². The highest BCUT2D eigenvalue weighted by Crippen LogP contribution is 2.42. The molecule has 1 atom stereocenters. The van der Waals surface area contributed by atoms with Crippen molar-refractivity contribution >= 4 is 45.6 Å². The number of nitrogens with one attached hydrogen (secondary N) is 1. The Morgan fingerprint density at radius 2 is 1.63 bits per heavy atom. The minimum atomic E-state index is -0.353. The first kappa shape index (κ1) is 17.5. The number of hydrogen-bond acceptors (Lipinski definition) is 5. The van der Waals surface area contributed by atoms with Gasteiger partial charge in [0.2, 0.25) is 0 Å². The van der Waals surface area contributed by atoms with E-state index in [2.05, 4.69) is 10.4 Å². The van der Waals surface area contributed by atoms with E-state index in [0.29, 0.717) is 11.3 Å². The molecule has 7 heteroatoms. The lowest BCUT2D eigenvalue weighted by molar-refractivity contribution is -0.110. The number of thioether (sulfide) groups is 1. The highest BCUT2D eigenvalue weighted by atomic mass is 32.2. The first-order chi connectivity index (χ1) is 13.2. The second kappa shape index (κ2) is 7.77. The Labute approximate surface area is 164 Å². The summed E-state index contributed by atoms with van der Waals surface area (Å²) in [6, 6.07) is 22.0. The zero-order chi connectivity index (χ0) is 18.6. The van der Waals surface area contributed by atoms with E-state index in [1.807, 2.05) is 66.0 Å². The monoisotopic (exact) mass is 393 g/mol. The summed E-state index contributed by atoms with van der Waals surface area (Å²) in [6.07, 6.45) is 0. The van der Waals surface area contributed by atoms with Crippen molar-refractivity contribution in [2.45, 2.75) is 5.37 Å². The standard InChI is InChI=1S/C20H15N3O2S2/c24-17(21-15-10-5-2-6-11-15)18-22-23(19(25)14-8-3-1-4-9-14)20(27-18)16-12-7-13-26-16/h1-13,20H,(H,21,24). The Morgan fingerprint density at radius 3 is 2.30 bits per heavy atom. The van der Waals surface area contributed by atoms with Gasteiger partial charge >= 0.3 is 0 Å². The van der Waals surface area contributed by atoms with E-state index in [9.17, 15) is 9.59 Å². The van der Waals surface area contributed by atoms with Gasteiger partial charge in [0.1, 0.15) is 5.37 Å². The predicted molar refractivity (Wildman–Crippen MR) is 110 cm³/mol. The third-order valence-electron chi connectivity index (χ3n) is 3.89. The van der Waals surface area contributed by atoms with Gasteiger partial charge in [-0.1, -0.05) is 54.2 Å². The maximum absolute atomic E-state index is 13.0. The fraction of sp³-hybridized carbons (Fsp3) is 0.0500. The summed E-state index contributed by atoms with van der Waals surface area (Å²) in [4.78, 5) is 26.6. The quantitative estimate of drug-likeness (QED) is 0.705. The molecule has 0 spiro atoms. The van der Waals surface area contributed by atoms with E-state index in [4.69, 9.17) is 0 Å². The molecule has 0 saturated heterocycles. The number of hydrogen-bond donors (Lipinski definition) is 1. The van der Waals surface area contributed by atoms with E-state index in [-0.39, 0.29) is 22.2 Å². The molecule has 4 rings (SSSR count). The third kappa shape index (κ3) is 3.79. The van der Waals surface area contributed by atoms with Gasteiger partial charge in [-0.2, -0.15) is 5.10 Å². The number of nitrogens with zero attached hydrogens (tertiary/aromatic N) is 2. The van der Waals surface area contributed by atoms with Crippen molar-refractivity contribution in [3.63, 3.8) is 0 Å². The number of hydrazone groups is 1. The van der Waals surface area contributed by atoms with Crippen LogP contribution >= 0.6 is 23.1 Å². The molecule has 134 valence electrons. The van der Waals surface area contributed by atoms with Gasteiger partial charge in [-0.15, -0.1) is 11.3 Å². The van der Waals surface area contributed by atoms with Crippen LogP contribution < -0.4 is 5.32 Å². The molecule has 0 fully saturated rings. The van der Waals surface area contributed by atoms with E-state index < -0.39 is 0 Å². The predicted octanol–water partition coefficient (Wildman–Crippen LogP) is 4.59. The lowest BCUT2D eigenvalue weighted by Gasteiger charge is -2.19. The van der Waals surface area contributed by atoms with Gasteiger partial charge in [0.05, 0.1) is 0 Å². The van der Waals surface area contributed by atoms with Crippen LogP contribution in [0, 0.1) is 0 Å². The molecular weight excluding hydrogens is 378 g/mol. The van der Waals surface area contributed by atoms with E-state index in [1.165, 1.54) is 28.1 Å². The van der Waals surface area contributed by atoms with Crippen molar-refractivity contribution in [2.75, 3.05) is 5.32 Å². The molecule has 5 nitrogen and oxygen atoms in total. The molecule has 1 aliphatic heterocycles. The summed E-state index contributed by atoms with van der Waals surface area (Å²) in [5.74, 6) is -0.555. The summed E-state index contributed by atoms with van der Waals surface area (Å²) in [5, 5.41) is 10.4. The molecular formula is C20H15N3O2S2. The normalized spacial score (nSPS) is 16.1. The molecule has 1 N–H and O–H groups in total. The minimum absolute atomic E-state index is 0.232. The van der Waals surface area contributed by atoms with Crippen molar-refractivity contribution in [1.82, 2.24) is 5.01 Å². The third-order valence-corrected chi connectivity index (χ3v) is 6.13. The van der Waals surface area contributed by atoms with Crippen LogP contribution in [-0.2, 0) is 4.79 Å². The number of carbonyl (C=O) groups excluding carboxylic acids is 2. The second-order valence-electron chi connectivity index (χ2n) is 5.73. The van der Waals surface area contributed by atoms with Crippen molar-refractivity contribution in [2.24, 2.45) is 5.10 Å². The van der Waals surface area contributed by atoms with E-state index in [1.54, 1.807) is 12.1 Å². The SMILES string of the molecule is O=C(Nc1ccccc1)C1=NN(C(=O)c2ccccc2)C(c2cccs2)S1. The van der Waals surface area contributed by atoms with Gasteiger partial charge in [-0.3, -0.25) is 9.59 Å².